The Morgan fingerprint density at radius 3 is 2.65 bits per heavy atom. The maximum atomic E-state index is 12.8. The van der Waals surface area contributed by atoms with E-state index in [1.54, 1.807) is 13.0 Å². The second-order valence-electron chi connectivity index (χ2n) is 8.07. The summed E-state index contributed by atoms with van der Waals surface area (Å²) < 4.78 is 21.4. The highest BCUT2D eigenvalue weighted by atomic mass is 16.6. The molecule has 1 aromatic carbocycles. The largest absolute Gasteiger partial charge is 0.489 e. The van der Waals surface area contributed by atoms with Gasteiger partial charge in [-0.2, -0.15) is 0 Å². The molecule has 12 nitrogen and oxygen atoms in total. The maximum absolute atomic E-state index is 12.8. The highest BCUT2D eigenvalue weighted by Gasteiger charge is 2.29. The first-order valence-corrected chi connectivity index (χ1v) is 10.7. The van der Waals surface area contributed by atoms with Gasteiger partial charge in [-0.25, -0.2) is 9.78 Å². The molecule has 1 saturated carbocycles. The Bertz CT molecular complexity index is 1310. The zero-order valence-corrected chi connectivity index (χ0v) is 18.2. The van der Waals surface area contributed by atoms with Crippen LogP contribution in [0.5, 0.6) is 11.5 Å². The number of nitro groups is 1. The summed E-state index contributed by atoms with van der Waals surface area (Å²) in [7, 11) is 0. The lowest BCUT2D eigenvalue weighted by molar-refractivity contribution is -0.384. The summed E-state index contributed by atoms with van der Waals surface area (Å²) in [4.78, 5) is 40.6. The van der Waals surface area contributed by atoms with E-state index in [1.165, 1.54) is 12.1 Å². The van der Waals surface area contributed by atoms with E-state index in [2.05, 4.69) is 15.5 Å². The number of hydrogen-bond donors (Lipinski definition) is 1. The Kier molecular flexibility index (Phi) is 5.48. The van der Waals surface area contributed by atoms with Gasteiger partial charge in [0.15, 0.2) is 18.1 Å². The van der Waals surface area contributed by atoms with Crippen LogP contribution in [0.4, 0.5) is 11.4 Å². The summed E-state index contributed by atoms with van der Waals surface area (Å²) in [5, 5.41) is 18.2. The molecule has 1 aliphatic carbocycles. The summed E-state index contributed by atoms with van der Waals surface area (Å²) in [6, 6.07) is 4.16. The van der Waals surface area contributed by atoms with Crippen LogP contribution in [0.25, 0.3) is 11.1 Å². The second-order valence-corrected chi connectivity index (χ2v) is 8.07. The molecule has 1 fully saturated rings. The number of ether oxygens (including phenoxy) is 3. The number of aromatic nitrogens is 2. The molecule has 0 saturated heterocycles. The molecule has 176 valence electrons. The first-order chi connectivity index (χ1) is 16.4. The van der Waals surface area contributed by atoms with Crippen LogP contribution in [0.1, 0.15) is 46.9 Å². The van der Waals surface area contributed by atoms with E-state index in [4.69, 9.17) is 18.7 Å². The number of esters is 1. The number of benzene rings is 1. The average Bonchev–Trinajstić information content (AvgIpc) is 3.63. The van der Waals surface area contributed by atoms with E-state index >= 15 is 0 Å². The molecular weight excluding hydrogens is 448 g/mol. The number of pyridine rings is 1. The molecule has 3 aromatic rings. The number of carbonyl (C=O) groups excluding carboxylic acids is 2. The molecule has 12 heteroatoms. The number of fused-ring (bicyclic) bond motifs is 2. The number of hydrogen-bond acceptors (Lipinski definition) is 10. The fourth-order valence-corrected chi connectivity index (χ4v) is 3.71. The van der Waals surface area contributed by atoms with Crippen LogP contribution in [0, 0.1) is 17.0 Å². The zero-order chi connectivity index (χ0) is 23.8. The molecule has 1 N–H and O–H groups in total. The fourth-order valence-electron chi connectivity index (χ4n) is 3.71. The predicted octanol–water partition coefficient (Wildman–Crippen LogP) is 3.27. The minimum absolute atomic E-state index is 0.0903. The predicted molar refractivity (Wildman–Crippen MR) is 116 cm³/mol. The molecule has 3 heterocycles. The molecular formula is C22H20N4O8. The summed E-state index contributed by atoms with van der Waals surface area (Å²) in [6.07, 6.45) is 2.56. The maximum Gasteiger partial charge on any atom is 0.339 e. The Hall–Kier alpha value is -4.22. The molecule has 34 heavy (non-hydrogen) atoms. The van der Waals surface area contributed by atoms with E-state index in [0.29, 0.717) is 36.4 Å². The van der Waals surface area contributed by atoms with E-state index in [1.807, 2.05) is 0 Å². The first kappa shape index (κ1) is 21.6. The molecule has 0 spiro atoms. The molecule has 0 unspecified atom stereocenters. The van der Waals surface area contributed by atoms with Crippen LogP contribution in [0.2, 0.25) is 0 Å². The summed E-state index contributed by atoms with van der Waals surface area (Å²) in [6.45, 7) is 1.76. The Balaban J connectivity index is 1.33. The van der Waals surface area contributed by atoms with Crippen LogP contribution in [0.15, 0.2) is 22.7 Å². The summed E-state index contributed by atoms with van der Waals surface area (Å²) in [5.41, 5.74) is 1.18. The smallest absolute Gasteiger partial charge is 0.339 e. The van der Waals surface area contributed by atoms with E-state index in [9.17, 15) is 19.7 Å². The Morgan fingerprint density at radius 2 is 1.94 bits per heavy atom. The van der Waals surface area contributed by atoms with E-state index < -0.39 is 23.4 Å². The number of nitrogens with one attached hydrogen (secondary N) is 1. The van der Waals surface area contributed by atoms with Gasteiger partial charge in [-0.1, -0.05) is 5.16 Å². The average molecular weight is 468 g/mol. The summed E-state index contributed by atoms with van der Waals surface area (Å²) in [5.74, 6) is -0.731. The number of anilines is 1. The molecule has 2 aromatic heterocycles. The van der Waals surface area contributed by atoms with Crippen LogP contribution in [-0.2, 0) is 9.53 Å². The molecule has 5 rings (SSSR count). The SMILES string of the molecule is Cc1noc2nc(C3CC3)cc(C(=O)OCC(=O)Nc3cc4c(cc3[N+](=O)[O-])OCCCO4)c12. The zero-order valence-electron chi connectivity index (χ0n) is 18.2. The van der Waals surface area contributed by atoms with Gasteiger partial charge < -0.3 is 24.1 Å². The normalized spacial score (nSPS) is 15.0. The number of nitro benzene ring substituents is 1. The minimum Gasteiger partial charge on any atom is -0.489 e. The monoisotopic (exact) mass is 468 g/mol. The van der Waals surface area contributed by atoms with Gasteiger partial charge in [0.1, 0.15) is 5.69 Å². The van der Waals surface area contributed by atoms with Gasteiger partial charge in [0, 0.05) is 24.1 Å². The van der Waals surface area contributed by atoms with Gasteiger partial charge in [0.2, 0.25) is 0 Å². The van der Waals surface area contributed by atoms with Crippen molar-refractivity contribution in [2.24, 2.45) is 0 Å². The van der Waals surface area contributed by atoms with Crippen molar-refractivity contribution in [1.82, 2.24) is 10.1 Å². The molecule has 1 aliphatic heterocycles. The van der Waals surface area contributed by atoms with Crippen LogP contribution in [-0.4, -0.2) is 46.8 Å². The highest BCUT2D eigenvalue weighted by molar-refractivity contribution is 6.04. The van der Waals surface area contributed by atoms with Gasteiger partial charge >= 0.3 is 5.97 Å². The van der Waals surface area contributed by atoms with Crippen molar-refractivity contribution in [2.45, 2.75) is 32.1 Å². The lowest BCUT2D eigenvalue weighted by Gasteiger charge is -2.12. The van der Waals surface area contributed by atoms with Crippen LogP contribution in [0.3, 0.4) is 0 Å². The fraction of sp³-hybridized carbons (Fsp3) is 0.364. The highest BCUT2D eigenvalue weighted by Crippen LogP contribution is 2.41. The van der Waals surface area contributed by atoms with Gasteiger partial charge in [0.25, 0.3) is 17.3 Å². The lowest BCUT2D eigenvalue weighted by atomic mass is 10.1. The first-order valence-electron chi connectivity index (χ1n) is 10.7. The molecule has 0 radical (unpaired) electrons. The minimum atomic E-state index is -0.749. The third kappa shape index (κ3) is 4.21. The Labute approximate surface area is 192 Å². The van der Waals surface area contributed by atoms with Crippen molar-refractivity contribution in [3.05, 3.63) is 45.3 Å². The van der Waals surface area contributed by atoms with Crippen molar-refractivity contribution in [3.8, 4) is 11.5 Å². The van der Waals surface area contributed by atoms with Gasteiger partial charge in [-0.15, -0.1) is 0 Å². The van der Waals surface area contributed by atoms with Crippen molar-refractivity contribution >= 4 is 34.4 Å². The van der Waals surface area contributed by atoms with E-state index in [-0.39, 0.29) is 40.1 Å². The third-order valence-electron chi connectivity index (χ3n) is 5.52. The second kappa shape index (κ2) is 8.61. The van der Waals surface area contributed by atoms with Crippen LogP contribution < -0.4 is 14.8 Å². The van der Waals surface area contributed by atoms with Crippen molar-refractivity contribution in [1.29, 1.82) is 0 Å². The number of rotatable bonds is 6. The molecule has 0 atom stereocenters. The molecule has 0 bridgehead atoms. The molecule has 2 aliphatic rings. The number of carbonyl (C=O) groups is 2. The van der Waals surface area contributed by atoms with E-state index in [0.717, 1.165) is 12.8 Å². The summed E-state index contributed by atoms with van der Waals surface area (Å²) >= 11 is 0. The van der Waals surface area contributed by atoms with Gasteiger partial charge in [-0.05, 0) is 25.8 Å². The number of nitrogens with zero attached hydrogens (tertiary/aromatic N) is 3. The Morgan fingerprint density at radius 1 is 1.21 bits per heavy atom. The topological polar surface area (TPSA) is 156 Å². The third-order valence-corrected chi connectivity index (χ3v) is 5.52. The van der Waals surface area contributed by atoms with Crippen molar-refractivity contribution in [2.75, 3.05) is 25.1 Å². The van der Waals surface area contributed by atoms with Crippen molar-refractivity contribution < 1.29 is 33.2 Å². The lowest BCUT2D eigenvalue weighted by Crippen LogP contribution is -2.21. The van der Waals surface area contributed by atoms with Crippen molar-refractivity contribution in [3.63, 3.8) is 0 Å². The number of aryl methyl sites for hydroxylation is 1. The molecule has 1 amide bonds. The number of amides is 1. The van der Waals surface area contributed by atoms with Crippen LogP contribution >= 0.6 is 0 Å². The standard InChI is InChI=1S/C22H20N4O8/c1-11-20-13(7-14(12-3-4-12)24-21(20)34-25-11)22(28)33-10-19(27)23-15-8-17-18(9-16(15)26(29)30)32-6-2-5-31-17/h7-9,12H,2-6,10H2,1H3,(H,23,27). The van der Waals surface area contributed by atoms with Gasteiger partial charge in [-0.3, -0.25) is 14.9 Å². The van der Waals surface area contributed by atoms with Gasteiger partial charge in [0.05, 0.1) is 40.8 Å². The quantitative estimate of drug-likeness (QED) is 0.323.